The second-order valence-electron chi connectivity index (χ2n) is 4.22. The topological polar surface area (TPSA) is 99.1 Å². The van der Waals surface area contributed by atoms with Gasteiger partial charge in [0.15, 0.2) is 11.2 Å². The first-order chi connectivity index (χ1) is 8.88. The van der Waals surface area contributed by atoms with Crippen LogP contribution in [0.15, 0.2) is 9.59 Å². The normalized spacial score (nSPS) is 11.1. The molecule has 0 aliphatic carbocycles. The number of fused-ring (bicyclic) bond motifs is 1. The van der Waals surface area contributed by atoms with E-state index in [4.69, 9.17) is 5.11 Å². The van der Waals surface area contributed by atoms with E-state index in [9.17, 15) is 14.4 Å². The number of nitrogens with zero attached hydrogens (tertiary/aromatic N) is 4. The van der Waals surface area contributed by atoms with Crippen molar-refractivity contribution in [2.45, 2.75) is 19.9 Å². The first kappa shape index (κ1) is 13.1. The summed E-state index contributed by atoms with van der Waals surface area (Å²) in [7, 11) is 2.96. The summed E-state index contributed by atoms with van der Waals surface area (Å²) in [5.74, 6) is -0.798. The molecule has 19 heavy (non-hydrogen) atoms. The molecule has 0 fully saturated rings. The molecule has 0 unspecified atom stereocenters. The Bertz CT molecular complexity index is 781. The molecule has 0 bridgehead atoms. The van der Waals surface area contributed by atoms with E-state index in [0.717, 1.165) is 4.57 Å². The van der Waals surface area contributed by atoms with Gasteiger partial charge in [0.2, 0.25) is 0 Å². The Morgan fingerprint density at radius 1 is 1.26 bits per heavy atom. The van der Waals surface area contributed by atoms with E-state index in [0.29, 0.717) is 6.54 Å². The van der Waals surface area contributed by atoms with E-state index in [-0.39, 0.29) is 23.4 Å². The molecule has 1 N–H and O–H groups in total. The van der Waals surface area contributed by atoms with Crippen LogP contribution in [0.4, 0.5) is 0 Å². The molecular weight excluding hydrogens is 252 g/mol. The molecular formula is C11H14N4O4. The van der Waals surface area contributed by atoms with Crippen LogP contribution in [-0.2, 0) is 31.9 Å². The summed E-state index contributed by atoms with van der Waals surface area (Å²) in [6.45, 7) is 2.11. The standard InChI is InChI=1S/C11H14N4O4/c1-4-15-9-8(10(18)14(3)11(15)19)13(2)6(12-9)5-7(16)17/h4-5H2,1-3H3,(H,16,17). The van der Waals surface area contributed by atoms with Crippen LogP contribution in [0.2, 0.25) is 0 Å². The average molecular weight is 266 g/mol. The van der Waals surface area contributed by atoms with Crippen LogP contribution in [0.3, 0.4) is 0 Å². The highest BCUT2D eigenvalue weighted by atomic mass is 16.4. The Morgan fingerprint density at radius 3 is 2.42 bits per heavy atom. The summed E-state index contributed by atoms with van der Waals surface area (Å²) in [5.41, 5.74) is -0.467. The van der Waals surface area contributed by atoms with Crippen molar-refractivity contribution in [1.29, 1.82) is 0 Å². The van der Waals surface area contributed by atoms with Gasteiger partial charge >= 0.3 is 11.7 Å². The number of carboxylic acids is 1. The second-order valence-corrected chi connectivity index (χ2v) is 4.22. The molecule has 0 aliphatic rings. The van der Waals surface area contributed by atoms with Gasteiger partial charge < -0.3 is 9.67 Å². The fourth-order valence-corrected chi connectivity index (χ4v) is 2.05. The number of hydrogen-bond donors (Lipinski definition) is 1. The Balaban J connectivity index is 2.94. The fraction of sp³-hybridized carbons (Fsp3) is 0.455. The van der Waals surface area contributed by atoms with Crippen molar-refractivity contribution in [2.75, 3.05) is 0 Å². The molecule has 2 aromatic rings. The summed E-state index contributed by atoms with van der Waals surface area (Å²) in [4.78, 5) is 38.9. The van der Waals surface area contributed by atoms with Gasteiger partial charge in [-0.15, -0.1) is 0 Å². The molecule has 2 heterocycles. The number of aromatic nitrogens is 4. The van der Waals surface area contributed by atoms with Crippen molar-refractivity contribution in [3.8, 4) is 0 Å². The summed E-state index contributed by atoms with van der Waals surface area (Å²) < 4.78 is 3.78. The monoisotopic (exact) mass is 266 g/mol. The maximum Gasteiger partial charge on any atom is 0.332 e. The van der Waals surface area contributed by atoms with Gasteiger partial charge in [-0.3, -0.25) is 18.7 Å². The number of hydrogen-bond acceptors (Lipinski definition) is 4. The molecule has 0 aliphatic heterocycles. The van der Waals surface area contributed by atoms with E-state index in [1.165, 1.54) is 16.2 Å². The average Bonchev–Trinajstić information content (AvgIpc) is 2.64. The van der Waals surface area contributed by atoms with Crippen LogP contribution < -0.4 is 11.2 Å². The SMILES string of the molecule is CCn1c(=O)n(C)c(=O)c2c1nc(CC(=O)O)n2C. The van der Waals surface area contributed by atoms with Crippen LogP contribution in [0.5, 0.6) is 0 Å². The highest BCUT2D eigenvalue weighted by Crippen LogP contribution is 2.10. The maximum atomic E-state index is 12.1. The predicted molar refractivity (Wildman–Crippen MR) is 67.2 cm³/mol. The molecule has 8 nitrogen and oxygen atoms in total. The fourth-order valence-electron chi connectivity index (χ4n) is 2.05. The van der Waals surface area contributed by atoms with Crippen LogP contribution >= 0.6 is 0 Å². The molecule has 0 atom stereocenters. The zero-order valence-corrected chi connectivity index (χ0v) is 10.9. The highest BCUT2D eigenvalue weighted by Gasteiger charge is 2.18. The zero-order valence-electron chi connectivity index (χ0n) is 10.9. The first-order valence-electron chi connectivity index (χ1n) is 5.75. The smallest absolute Gasteiger partial charge is 0.332 e. The van der Waals surface area contributed by atoms with Gasteiger partial charge in [-0.2, -0.15) is 0 Å². The number of imidazole rings is 1. The minimum Gasteiger partial charge on any atom is -0.481 e. The van der Waals surface area contributed by atoms with Gasteiger partial charge in [-0.25, -0.2) is 9.78 Å². The van der Waals surface area contributed by atoms with Crippen LogP contribution in [-0.4, -0.2) is 29.8 Å². The quantitative estimate of drug-likeness (QED) is 0.774. The Hall–Kier alpha value is -2.38. The van der Waals surface area contributed by atoms with Crippen molar-refractivity contribution in [3.63, 3.8) is 0 Å². The van der Waals surface area contributed by atoms with Gasteiger partial charge in [0.05, 0.1) is 0 Å². The lowest BCUT2D eigenvalue weighted by molar-refractivity contribution is -0.136. The van der Waals surface area contributed by atoms with Crippen molar-refractivity contribution in [3.05, 3.63) is 26.7 Å². The molecule has 0 saturated heterocycles. The molecule has 2 rings (SSSR count). The van der Waals surface area contributed by atoms with E-state index in [2.05, 4.69) is 4.98 Å². The minimum absolute atomic E-state index is 0.231. The number of rotatable bonds is 3. The third-order valence-corrected chi connectivity index (χ3v) is 3.08. The molecule has 0 aromatic carbocycles. The third-order valence-electron chi connectivity index (χ3n) is 3.08. The van der Waals surface area contributed by atoms with Crippen molar-refractivity contribution < 1.29 is 9.90 Å². The Kier molecular flexibility index (Phi) is 3.01. The highest BCUT2D eigenvalue weighted by molar-refractivity contribution is 5.74. The van der Waals surface area contributed by atoms with Gasteiger partial charge in [0, 0.05) is 20.6 Å². The molecule has 102 valence electrons. The number of aliphatic carboxylic acids is 1. The summed E-state index contributed by atoms with van der Waals surface area (Å²) in [6, 6.07) is 0. The molecule has 0 radical (unpaired) electrons. The molecule has 8 heteroatoms. The first-order valence-corrected chi connectivity index (χ1v) is 5.75. The van der Waals surface area contributed by atoms with Gasteiger partial charge in [-0.05, 0) is 6.92 Å². The minimum atomic E-state index is -1.04. The number of carbonyl (C=O) groups is 1. The molecule has 0 saturated carbocycles. The van der Waals surface area contributed by atoms with Crippen molar-refractivity contribution >= 4 is 17.1 Å². The van der Waals surface area contributed by atoms with Crippen molar-refractivity contribution in [1.82, 2.24) is 18.7 Å². The Labute approximate surface area is 107 Å². The number of aryl methyl sites for hydroxylation is 2. The summed E-state index contributed by atoms with van der Waals surface area (Å²) in [5, 5.41) is 8.82. The lowest BCUT2D eigenvalue weighted by atomic mass is 10.4. The summed E-state index contributed by atoms with van der Waals surface area (Å²) >= 11 is 0. The van der Waals surface area contributed by atoms with Crippen LogP contribution in [0.1, 0.15) is 12.7 Å². The third kappa shape index (κ3) is 1.85. The molecule has 2 aromatic heterocycles. The molecule has 0 spiro atoms. The van der Waals surface area contributed by atoms with Gasteiger partial charge in [-0.1, -0.05) is 0 Å². The van der Waals surface area contributed by atoms with E-state index in [1.807, 2.05) is 0 Å². The van der Waals surface area contributed by atoms with Crippen LogP contribution in [0, 0.1) is 0 Å². The lowest BCUT2D eigenvalue weighted by Gasteiger charge is -2.05. The zero-order chi connectivity index (χ0) is 14.3. The van der Waals surface area contributed by atoms with Crippen LogP contribution in [0.25, 0.3) is 11.2 Å². The Morgan fingerprint density at radius 2 is 1.89 bits per heavy atom. The van der Waals surface area contributed by atoms with Crippen molar-refractivity contribution in [2.24, 2.45) is 14.1 Å². The summed E-state index contributed by atoms with van der Waals surface area (Å²) in [6.07, 6.45) is -0.299. The van der Waals surface area contributed by atoms with E-state index in [1.54, 1.807) is 14.0 Å². The van der Waals surface area contributed by atoms with E-state index >= 15 is 0 Å². The van der Waals surface area contributed by atoms with E-state index < -0.39 is 17.2 Å². The largest absolute Gasteiger partial charge is 0.481 e. The van der Waals surface area contributed by atoms with Gasteiger partial charge in [0.1, 0.15) is 12.2 Å². The van der Waals surface area contributed by atoms with Gasteiger partial charge in [0.25, 0.3) is 5.56 Å². The predicted octanol–water partition coefficient (Wildman–Crippen LogP) is -0.919. The lowest BCUT2D eigenvalue weighted by Crippen LogP contribution is -2.38. The molecule has 0 amide bonds. The second kappa shape index (κ2) is 4.38. The maximum absolute atomic E-state index is 12.1. The number of carboxylic acid groups (broad SMARTS) is 1.